The average molecular weight is 300 g/mol. The Balaban J connectivity index is 0. The number of likely N-dealkylation sites (tertiary alicyclic amines) is 1. The second-order valence-electron chi connectivity index (χ2n) is 4.69. The van der Waals surface area contributed by atoms with E-state index in [-0.39, 0.29) is 36.8 Å². The van der Waals surface area contributed by atoms with Crippen molar-refractivity contribution in [2.75, 3.05) is 26.2 Å². The first-order valence-electron chi connectivity index (χ1n) is 6.43. The first-order valence-corrected chi connectivity index (χ1v) is 6.43. The second kappa shape index (κ2) is 10.9. The van der Waals surface area contributed by atoms with E-state index in [2.05, 4.69) is 17.1 Å². The number of nitrogens with one attached hydrogen (secondary N) is 1. The van der Waals surface area contributed by atoms with Crippen LogP contribution in [0.3, 0.4) is 0 Å². The molecule has 2 unspecified atom stereocenters. The van der Waals surface area contributed by atoms with E-state index >= 15 is 0 Å². The lowest BCUT2D eigenvalue weighted by Gasteiger charge is -2.15. The molecule has 0 aromatic carbocycles. The van der Waals surface area contributed by atoms with Crippen LogP contribution in [0.15, 0.2) is 0 Å². The molecule has 0 radical (unpaired) electrons. The van der Waals surface area contributed by atoms with Crippen LogP contribution in [0.2, 0.25) is 0 Å². The van der Waals surface area contributed by atoms with Gasteiger partial charge in [-0.05, 0) is 31.8 Å². The van der Waals surface area contributed by atoms with Crippen molar-refractivity contribution in [1.29, 1.82) is 0 Å². The Morgan fingerprint density at radius 3 is 2.61 bits per heavy atom. The minimum absolute atomic E-state index is 0. The molecule has 1 fully saturated rings. The minimum atomic E-state index is -0.325. The Morgan fingerprint density at radius 2 is 2.11 bits per heavy atom. The summed E-state index contributed by atoms with van der Waals surface area (Å²) in [4.78, 5) is 14.0. The van der Waals surface area contributed by atoms with E-state index < -0.39 is 0 Å². The molecule has 0 saturated carbocycles. The highest BCUT2D eigenvalue weighted by molar-refractivity contribution is 5.85. The second-order valence-corrected chi connectivity index (χ2v) is 4.69. The van der Waals surface area contributed by atoms with Crippen LogP contribution in [0.1, 0.15) is 33.1 Å². The first-order chi connectivity index (χ1) is 7.67. The fourth-order valence-corrected chi connectivity index (χ4v) is 2.18. The van der Waals surface area contributed by atoms with Gasteiger partial charge in [-0.1, -0.05) is 20.3 Å². The number of carbonyl (C=O) groups is 1. The highest BCUT2D eigenvalue weighted by atomic mass is 35.5. The van der Waals surface area contributed by atoms with Crippen molar-refractivity contribution < 1.29 is 4.79 Å². The van der Waals surface area contributed by atoms with Crippen LogP contribution in [0.4, 0.5) is 0 Å². The molecule has 110 valence electrons. The summed E-state index contributed by atoms with van der Waals surface area (Å²) < 4.78 is 0. The fourth-order valence-electron chi connectivity index (χ4n) is 2.18. The third kappa shape index (κ3) is 6.78. The standard InChI is InChI=1S/C12H25N3O.2ClH/c1-3-5-11(13)12(16)14-8-10-6-7-15(4-2)9-10;;/h10-11H,3-9,13H2,1-2H3,(H,14,16);2*1H. The molecule has 1 aliphatic heterocycles. The van der Waals surface area contributed by atoms with E-state index in [1.54, 1.807) is 0 Å². The Bertz CT molecular complexity index is 229. The van der Waals surface area contributed by atoms with Gasteiger partial charge in [0.15, 0.2) is 0 Å². The lowest BCUT2D eigenvalue weighted by Crippen LogP contribution is -2.42. The summed E-state index contributed by atoms with van der Waals surface area (Å²) in [5, 5.41) is 2.96. The smallest absolute Gasteiger partial charge is 0.236 e. The molecule has 0 bridgehead atoms. The maximum atomic E-state index is 11.6. The summed E-state index contributed by atoms with van der Waals surface area (Å²) in [5.74, 6) is 0.620. The van der Waals surface area contributed by atoms with Gasteiger partial charge in [0.2, 0.25) is 5.91 Å². The van der Waals surface area contributed by atoms with E-state index in [0.717, 1.165) is 39.0 Å². The van der Waals surface area contributed by atoms with Crippen LogP contribution in [0, 0.1) is 5.92 Å². The topological polar surface area (TPSA) is 58.4 Å². The molecule has 1 saturated heterocycles. The van der Waals surface area contributed by atoms with Gasteiger partial charge in [0.25, 0.3) is 0 Å². The molecule has 6 heteroatoms. The number of hydrogen-bond donors (Lipinski definition) is 2. The van der Waals surface area contributed by atoms with Crippen molar-refractivity contribution in [3.63, 3.8) is 0 Å². The maximum absolute atomic E-state index is 11.6. The van der Waals surface area contributed by atoms with Crippen LogP contribution in [0.25, 0.3) is 0 Å². The van der Waals surface area contributed by atoms with Crippen molar-refractivity contribution in [3.8, 4) is 0 Å². The van der Waals surface area contributed by atoms with Crippen LogP contribution in [-0.2, 0) is 4.79 Å². The summed E-state index contributed by atoms with van der Waals surface area (Å²) in [7, 11) is 0. The van der Waals surface area contributed by atoms with E-state index in [4.69, 9.17) is 5.73 Å². The highest BCUT2D eigenvalue weighted by Crippen LogP contribution is 2.14. The van der Waals surface area contributed by atoms with Crippen molar-refractivity contribution in [3.05, 3.63) is 0 Å². The zero-order chi connectivity index (χ0) is 12.0. The average Bonchev–Trinajstić information content (AvgIpc) is 2.74. The summed E-state index contributed by atoms with van der Waals surface area (Å²) in [6.07, 6.45) is 2.93. The molecule has 2 atom stereocenters. The number of hydrogen-bond acceptors (Lipinski definition) is 3. The molecule has 0 aromatic heterocycles. The van der Waals surface area contributed by atoms with Gasteiger partial charge in [-0.15, -0.1) is 24.8 Å². The van der Waals surface area contributed by atoms with Gasteiger partial charge in [0.1, 0.15) is 0 Å². The Labute approximate surface area is 123 Å². The quantitative estimate of drug-likeness (QED) is 0.780. The molecule has 0 aromatic rings. The molecule has 18 heavy (non-hydrogen) atoms. The molecule has 1 heterocycles. The van der Waals surface area contributed by atoms with Gasteiger partial charge in [0, 0.05) is 13.1 Å². The number of halogens is 2. The normalized spacial score (nSPS) is 20.7. The summed E-state index contributed by atoms with van der Waals surface area (Å²) >= 11 is 0. The van der Waals surface area contributed by atoms with Crippen molar-refractivity contribution in [2.45, 2.75) is 39.2 Å². The van der Waals surface area contributed by atoms with Gasteiger partial charge >= 0.3 is 0 Å². The van der Waals surface area contributed by atoms with Gasteiger partial charge in [-0.25, -0.2) is 0 Å². The molecule has 3 N–H and O–H groups in total. The summed E-state index contributed by atoms with van der Waals surface area (Å²) in [6.45, 7) is 8.39. The highest BCUT2D eigenvalue weighted by Gasteiger charge is 2.22. The number of carbonyl (C=O) groups excluding carboxylic acids is 1. The predicted octanol–water partition coefficient (Wildman–Crippen LogP) is 1.42. The largest absolute Gasteiger partial charge is 0.354 e. The van der Waals surface area contributed by atoms with Crippen LogP contribution < -0.4 is 11.1 Å². The number of rotatable bonds is 6. The monoisotopic (exact) mass is 299 g/mol. The summed E-state index contributed by atoms with van der Waals surface area (Å²) in [5.41, 5.74) is 5.74. The van der Waals surface area contributed by atoms with E-state index in [1.165, 1.54) is 6.42 Å². The van der Waals surface area contributed by atoms with E-state index in [0.29, 0.717) is 5.92 Å². The van der Waals surface area contributed by atoms with Crippen LogP contribution in [-0.4, -0.2) is 43.0 Å². The zero-order valence-electron chi connectivity index (χ0n) is 11.4. The molecule has 0 aliphatic carbocycles. The van der Waals surface area contributed by atoms with Crippen LogP contribution >= 0.6 is 24.8 Å². The molecular formula is C12H27Cl2N3O. The third-order valence-electron chi connectivity index (χ3n) is 3.32. The van der Waals surface area contributed by atoms with Crippen molar-refractivity contribution in [2.24, 2.45) is 11.7 Å². The SMILES string of the molecule is CCCC(N)C(=O)NCC1CCN(CC)C1.Cl.Cl. The fraction of sp³-hybridized carbons (Fsp3) is 0.917. The van der Waals surface area contributed by atoms with Crippen LogP contribution in [0.5, 0.6) is 0 Å². The minimum Gasteiger partial charge on any atom is -0.354 e. The molecule has 1 amide bonds. The van der Waals surface area contributed by atoms with Crippen molar-refractivity contribution in [1.82, 2.24) is 10.2 Å². The number of nitrogens with two attached hydrogens (primary N) is 1. The predicted molar refractivity (Wildman–Crippen MR) is 80.6 cm³/mol. The Hall–Kier alpha value is -0.0300. The Kier molecular flexibility index (Phi) is 12.2. The molecule has 4 nitrogen and oxygen atoms in total. The molecule has 1 aliphatic rings. The number of nitrogens with zero attached hydrogens (tertiary/aromatic N) is 1. The van der Waals surface area contributed by atoms with Gasteiger partial charge in [0.05, 0.1) is 6.04 Å². The summed E-state index contributed by atoms with van der Waals surface area (Å²) in [6, 6.07) is -0.325. The van der Waals surface area contributed by atoms with E-state index in [9.17, 15) is 4.79 Å². The van der Waals surface area contributed by atoms with E-state index in [1.807, 2.05) is 6.92 Å². The lowest BCUT2D eigenvalue weighted by molar-refractivity contribution is -0.122. The molecular weight excluding hydrogens is 273 g/mol. The van der Waals surface area contributed by atoms with Gasteiger partial charge < -0.3 is 16.0 Å². The zero-order valence-corrected chi connectivity index (χ0v) is 13.0. The van der Waals surface area contributed by atoms with Gasteiger partial charge in [-0.2, -0.15) is 0 Å². The van der Waals surface area contributed by atoms with Crippen molar-refractivity contribution >= 4 is 30.7 Å². The Morgan fingerprint density at radius 1 is 1.44 bits per heavy atom. The molecule has 1 rings (SSSR count). The lowest BCUT2D eigenvalue weighted by atomic mass is 10.1. The van der Waals surface area contributed by atoms with Gasteiger partial charge in [-0.3, -0.25) is 4.79 Å². The maximum Gasteiger partial charge on any atom is 0.236 e. The molecule has 0 spiro atoms. The third-order valence-corrected chi connectivity index (χ3v) is 3.32. The number of amides is 1. The first kappa shape index (κ1) is 20.3.